The van der Waals surface area contributed by atoms with Gasteiger partial charge in [-0.15, -0.1) is 0 Å². The Hall–Kier alpha value is -0.550. The Balaban J connectivity index is 1.88. The SMILES string of the molecule is C[C@@H](NC1CCCCCC1C#N)C1CCCC1. The van der Waals surface area contributed by atoms with E-state index in [-0.39, 0.29) is 5.92 Å². The zero-order valence-electron chi connectivity index (χ0n) is 11.1. The van der Waals surface area contributed by atoms with Gasteiger partial charge in [-0.25, -0.2) is 0 Å². The molecular formula is C15H26N2. The molecule has 2 rings (SSSR count). The highest BCUT2D eigenvalue weighted by Gasteiger charge is 2.28. The number of nitrogens with one attached hydrogen (secondary N) is 1. The van der Waals surface area contributed by atoms with E-state index in [4.69, 9.17) is 0 Å². The minimum atomic E-state index is 0.251. The van der Waals surface area contributed by atoms with Gasteiger partial charge in [0.25, 0.3) is 0 Å². The summed E-state index contributed by atoms with van der Waals surface area (Å²) in [5.41, 5.74) is 0. The van der Waals surface area contributed by atoms with Crippen molar-refractivity contribution in [3.05, 3.63) is 0 Å². The lowest BCUT2D eigenvalue weighted by atomic mass is 9.92. The molecule has 2 saturated carbocycles. The fraction of sp³-hybridized carbons (Fsp3) is 0.933. The molecule has 0 heterocycles. The fourth-order valence-corrected chi connectivity index (χ4v) is 3.59. The molecule has 0 spiro atoms. The van der Waals surface area contributed by atoms with E-state index in [0.717, 1.165) is 12.3 Å². The highest BCUT2D eigenvalue weighted by Crippen LogP contribution is 2.29. The van der Waals surface area contributed by atoms with Crippen LogP contribution >= 0.6 is 0 Å². The van der Waals surface area contributed by atoms with Gasteiger partial charge in [0.2, 0.25) is 0 Å². The topological polar surface area (TPSA) is 35.8 Å². The molecule has 0 aromatic heterocycles. The van der Waals surface area contributed by atoms with Crippen molar-refractivity contribution >= 4 is 0 Å². The van der Waals surface area contributed by atoms with Crippen LogP contribution in [0.25, 0.3) is 0 Å². The average Bonchev–Trinajstić information content (AvgIpc) is 2.78. The standard InChI is InChI=1S/C15H26N2/c1-12(13-7-5-6-8-13)17-15-10-4-2-3-9-14(15)11-16/h12-15,17H,2-10H2,1H3/t12-,14?,15?/m1/s1. The Bertz CT molecular complexity index is 263. The van der Waals surface area contributed by atoms with E-state index in [9.17, 15) is 5.26 Å². The first-order valence-electron chi connectivity index (χ1n) is 7.47. The molecule has 2 aliphatic carbocycles. The predicted octanol–water partition coefficient (Wildman–Crippen LogP) is 3.63. The third-order valence-electron chi connectivity index (χ3n) is 4.77. The van der Waals surface area contributed by atoms with Crippen molar-refractivity contribution in [3.63, 3.8) is 0 Å². The summed E-state index contributed by atoms with van der Waals surface area (Å²) in [5, 5.41) is 13.1. The third kappa shape index (κ3) is 3.45. The van der Waals surface area contributed by atoms with Gasteiger partial charge in [0.15, 0.2) is 0 Å². The van der Waals surface area contributed by atoms with Gasteiger partial charge in [-0.3, -0.25) is 0 Å². The molecule has 2 nitrogen and oxygen atoms in total. The maximum absolute atomic E-state index is 9.27. The molecule has 17 heavy (non-hydrogen) atoms. The lowest BCUT2D eigenvalue weighted by molar-refractivity contribution is 0.297. The lowest BCUT2D eigenvalue weighted by Gasteiger charge is -2.28. The van der Waals surface area contributed by atoms with Gasteiger partial charge in [-0.2, -0.15) is 5.26 Å². The van der Waals surface area contributed by atoms with Crippen LogP contribution in [0.3, 0.4) is 0 Å². The first kappa shape index (κ1) is 12.9. The molecule has 2 unspecified atom stereocenters. The van der Waals surface area contributed by atoms with Crippen molar-refractivity contribution in [1.82, 2.24) is 5.32 Å². The van der Waals surface area contributed by atoms with Crippen LogP contribution in [-0.4, -0.2) is 12.1 Å². The molecule has 2 aliphatic rings. The summed E-state index contributed by atoms with van der Waals surface area (Å²) in [7, 11) is 0. The summed E-state index contributed by atoms with van der Waals surface area (Å²) in [6.07, 6.45) is 11.7. The molecular weight excluding hydrogens is 208 g/mol. The van der Waals surface area contributed by atoms with E-state index in [1.54, 1.807) is 0 Å². The van der Waals surface area contributed by atoms with E-state index < -0.39 is 0 Å². The third-order valence-corrected chi connectivity index (χ3v) is 4.77. The minimum Gasteiger partial charge on any atom is -0.310 e. The molecule has 0 amide bonds. The van der Waals surface area contributed by atoms with Crippen molar-refractivity contribution in [1.29, 1.82) is 5.26 Å². The maximum atomic E-state index is 9.27. The summed E-state index contributed by atoms with van der Waals surface area (Å²) in [6, 6.07) is 3.59. The monoisotopic (exact) mass is 234 g/mol. The molecule has 3 atom stereocenters. The largest absolute Gasteiger partial charge is 0.310 e. The van der Waals surface area contributed by atoms with E-state index in [1.165, 1.54) is 51.4 Å². The molecule has 2 heteroatoms. The number of nitriles is 1. The number of hydrogen-bond acceptors (Lipinski definition) is 2. The van der Waals surface area contributed by atoms with E-state index in [0.29, 0.717) is 12.1 Å². The van der Waals surface area contributed by atoms with Gasteiger partial charge >= 0.3 is 0 Å². The van der Waals surface area contributed by atoms with Crippen LogP contribution in [0.4, 0.5) is 0 Å². The average molecular weight is 234 g/mol. The van der Waals surface area contributed by atoms with E-state index in [1.807, 2.05) is 0 Å². The molecule has 0 bridgehead atoms. The smallest absolute Gasteiger partial charge is 0.0672 e. The van der Waals surface area contributed by atoms with Gasteiger partial charge in [0, 0.05) is 12.1 Å². The van der Waals surface area contributed by atoms with Gasteiger partial charge in [-0.1, -0.05) is 32.1 Å². The second-order valence-corrected chi connectivity index (χ2v) is 5.98. The fourth-order valence-electron chi connectivity index (χ4n) is 3.59. The molecule has 0 radical (unpaired) electrons. The van der Waals surface area contributed by atoms with E-state index >= 15 is 0 Å². The first-order chi connectivity index (χ1) is 8.31. The van der Waals surface area contributed by atoms with Gasteiger partial charge in [0.05, 0.1) is 12.0 Å². The molecule has 0 aliphatic heterocycles. The van der Waals surface area contributed by atoms with Crippen LogP contribution in [0.2, 0.25) is 0 Å². The summed E-state index contributed by atoms with van der Waals surface area (Å²) in [6.45, 7) is 2.33. The zero-order chi connectivity index (χ0) is 12.1. The van der Waals surface area contributed by atoms with Crippen molar-refractivity contribution in [2.45, 2.75) is 76.8 Å². The quantitative estimate of drug-likeness (QED) is 0.757. The second kappa shape index (κ2) is 6.40. The summed E-state index contributed by atoms with van der Waals surface area (Å²) in [4.78, 5) is 0. The zero-order valence-corrected chi connectivity index (χ0v) is 11.1. The Morgan fingerprint density at radius 1 is 1.00 bits per heavy atom. The van der Waals surface area contributed by atoms with Crippen LogP contribution in [0.15, 0.2) is 0 Å². The molecule has 0 saturated heterocycles. The Morgan fingerprint density at radius 2 is 1.65 bits per heavy atom. The number of nitrogens with zero attached hydrogens (tertiary/aromatic N) is 1. The highest BCUT2D eigenvalue weighted by atomic mass is 15.0. The summed E-state index contributed by atoms with van der Waals surface area (Å²) >= 11 is 0. The minimum absolute atomic E-state index is 0.251. The van der Waals surface area contributed by atoms with Crippen LogP contribution < -0.4 is 5.32 Å². The van der Waals surface area contributed by atoms with Crippen molar-refractivity contribution in [3.8, 4) is 6.07 Å². The molecule has 0 aromatic carbocycles. The molecule has 2 fully saturated rings. The van der Waals surface area contributed by atoms with Gasteiger partial charge in [-0.05, 0) is 38.5 Å². The Labute approximate surface area is 106 Å². The van der Waals surface area contributed by atoms with Crippen LogP contribution in [0.5, 0.6) is 0 Å². The van der Waals surface area contributed by atoms with Crippen LogP contribution in [-0.2, 0) is 0 Å². The lowest BCUT2D eigenvalue weighted by Crippen LogP contribution is -2.43. The summed E-state index contributed by atoms with van der Waals surface area (Å²) in [5.74, 6) is 1.11. The first-order valence-corrected chi connectivity index (χ1v) is 7.47. The Morgan fingerprint density at radius 3 is 2.35 bits per heavy atom. The predicted molar refractivity (Wildman–Crippen MR) is 70.5 cm³/mol. The van der Waals surface area contributed by atoms with Crippen molar-refractivity contribution in [2.75, 3.05) is 0 Å². The van der Waals surface area contributed by atoms with Gasteiger partial charge < -0.3 is 5.32 Å². The Kier molecular flexibility index (Phi) is 4.86. The molecule has 1 N–H and O–H groups in total. The maximum Gasteiger partial charge on any atom is 0.0672 e. The van der Waals surface area contributed by atoms with E-state index in [2.05, 4.69) is 18.3 Å². The summed E-state index contributed by atoms with van der Waals surface area (Å²) < 4.78 is 0. The van der Waals surface area contributed by atoms with Crippen molar-refractivity contribution in [2.24, 2.45) is 11.8 Å². The van der Waals surface area contributed by atoms with Crippen molar-refractivity contribution < 1.29 is 0 Å². The normalized spacial score (nSPS) is 32.9. The molecule has 0 aromatic rings. The van der Waals surface area contributed by atoms with Gasteiger partial charge in [0.1, 0.15) is 0 Å². The van der Waals surface area contributed by atoms with Crippen LogP contribution in [0, 0.1) is 23.2 Å². The van der Waals surface area contributed by atoms with Crippen LogP contribution in [0.1, 0.15) is 64.7 Å². The second-order valence-electron chi connectivity index (χ2n) is 5.98. The number of rotatable bonds is 3. The molecule has 96 valence electrons. The number of hydrogen-bond donors (Lipinski definition) is 1. The highest BCUT2D eigenvalue weighted by molar-refractivity contribution is 4.95.